The highest BCUT2D eigenvalue weighted by Crippen LogP contribution is 2.29. The average molecular weight is 498 g/mol. The third-order valence-corrected chi connectivity index (χ3v) is 9.34. The van der Waals surface area contributed by atoms with Crippen molar-refractivity contribution >= 4 is 27.5 Å². The van der Waals surface area contributed by atoms with Gasteiger partial charge in [-0.2, -0.15) is 4.31 Å². The van der Waals surface area contributed by atoms with E-state index in [0.29, 0.717) is 25.2 Å². The van der Waals surface area contributed by atoms with Crippen LogP contribution in [0.2, 0.25) is 5.02 Å². The van der Waals surface area contributed by atoms with E-state index in [9.17, 15) is 13.2 Å². The summed E-state index contributed by atoms with van der Waals surface area (Å²) in [5.74, 6) is -0.115. The second kappa shape index (κ2) is 10.6. The fourth-order valence-corrected chi connectivity index (χ4v) is 7.46. The Kier molecular flexibility index (Phi) is 8.01. The number of likely N-dealkylation sites (tertiary alicyclic amines) is 1. The number of sulfonamides is 1. The number of amides is 1. The number of hydrogen-bond donors (Lipinski definition) is 0. The van der Waals surface area contributed by atoms with E-state index in [1.54, 1.807) is 12.1 Å². The smallest absolute Gasteiger partial charge is 0.254 e. The second-order valence-corrected chi connectivity index (χ2v) is 12.0. The van der Waals surface area contributed by atoms with Gasteiger partial charge in [-0.25, -0.2) is 8.42 Å². The molecule has 9 heteroatoms. The van der Waals surface area contributed by atoms with E-state index < -0.39 is 10.0 Å². The van der Waals surface area contributed by atoms with E-state index in [1.165, 1.54) is 10.4 Å². The van der Waals surface area contributed by atoms with Crippen molar-refractivity contribution in [2.24, 2.45) is 0 Å². The van der Waals surface area contributed by atoms with Crippen molar-refractivity contribution in [2.75, 3.05) is 39.3 Å². The minimum atomic E-state index is -3.74. The number of halogens is 1. The lowest BCUT2D eigenvalue weighted by atomic mass is 10.1. The van der Waals surface area contributed by atoms with Crippen molar-refractivity contribution in [3.63, 3.8) is 0 Å². The minimum absolute atomic E-state index is 0.0449. The maximum absolute atomic E-state index is 13.5. The first-order chi connectivity index (χ1) is 15.8. The number of carbonyl (C=O) groups is 1. The Morgan fingerprint density at radius 2 is 1.70 bits per heavy atom. The molecule has 3 aliphatic rings. The van der Waals surface area contributed by atoms with Crippen LogP contribution >= 0.6 is 11.6 Å². The van der Waals surface area contributed by atoms with E-state index in [4.69, 9.17) is 16.3 Å². The van der Waals surface area contributed by atoms with E-state index in [1.807, 2.05) is 4.90 Å². The summed E-state index contributed by atoms with van der Waals surface area (Å²) >= 11 is 6.34. The largest absolute Gasteiger partial charge is 0.373 e. The molecule has 1 aromatic carbocycles. The monoisotopic (exact) mass is 497 g/mol. The highest BCUT2D eigenvalue weighted by molar-refractivity contribution is 7.89. The Bertz CT molecular complexity index is 939. The number of ether oxygens (including phenoxy) is 1. The summed E-state index contributed by atoms with van der Waals surface area (Å²) in [6, 6.07) is 4.81. The predicted molar refractivity (Wildman–Crippen MR) is 129 cm³/mol. The van der Waals surface area contributed by atoms with Crippen LogP contribution in [0.5, 0.6) is 0 Å². The molecule has 3 atom stereocenters. The van der Waals surface area contributed by atoms with Crippen molar-refractivity contribution in [1.82, 2.24) is 14.1 Å². The fourth-order valence-electron chi connectivity index (χ4n) is 5.45. The first-order valence-corrected chi connectivity index (χ1v) is 14.1. The van der Waals surface area contributed by atoms with E-state index >= 15 is 0 Å². The summed E-state index contributed by atoms with van der Waals surface area (Å²) in [4.78, 5) is 17.8. The molecule has 3 fully saturated rings. The zero-order chi connectivity index (χ0) is 23.6. The number of nitrogens with zero attached hydrogens (tertiary/aromatic N) is 3. The quantitative estimate of drug-likeness (QED) is 0.621. The van der Waals surface area contributed by atoms with Crippen LogP contribution in [-0.4, -0.2) is 85.9 Å². The summed E-state index contributed by atoms with van der Waals surface area (Å²) in [6.07, 6.45) is 6.05. The zero-order valence-corrected chi connectivity index (χ0v) is 21.3. The topological polar surface area (TPSA) is 70.2 Å². The van der Waals surface area contributed by atoms with Crippen molar-refractivity contribution in [3.05, 3.63) is 28.8 Å². The van der Waals surface area contributed by atoms with Gasteiger partial charge in [-0.3, -0.25) is 9.69 Å². The Morgan fingerprint density at radius 3 is 2.36 bits per heavy atom. The molecule has 0 spiro atoms. The van der Waals surface area contributed by atoms with Gasteiger partial charge >= 0.3 is 0 Å². The Morgan fingerprint density at radius 1 is 1.03 bits per heavy atom. The minimum Gasteiger partial charge on any atom is -0.373 e. The van der Waals surface area contributed by atoms with Gasteiger partial charge in [0.2, 0.25) is 10.0 Å². The SMILES string of the molecule is CC1CN(CC2CCCN2C(=O)c2ccc(Cl)c(S(=O)(=O)N3CCCCCC3)c2)CC(C)O1. The number of carbonyl (C=O) groups excluding carboxylic acids is 1. The lowest BCUT2D eigenvalue weighted by Gasteiger charge is -2.38. The van der Waals surface area contributed by atoms with Gasteiger partial charge in [-0.15, -0.1) is 0 Å². The Labute approximate surface area is 203 Å². The highest BCUT2D eigenvalue weighted by atomic mass is 35.5. The first-order valence-electron chi connectivity index (χ1n) is 12.2. The molecule has 3 aliphatic heterocycles. The fraction of sp³-hybridized carbons (Fsp3) is 0.708. The van der Waals surface area contributed by atoms with Crippen LogP contribution in [0.15, 0.2) is 23.1 Å². The van der Waals surface area contributed by atoms with Gasteiger partial charge in [0, 0.05) is 50.9 Å². The van der Waals surface area contributed by atoms with Crippen molar-refractivity contribution in [1.29, 1.82) is 0 Å². The van der Waals surface area contributed by atoms with Crippen molar-refractivity contribution in [3.8, 4) is 0 Å². The molecule has 3 unspecified atom stereocenters. The maximum Gasteiger partial charge on any atom is 0.254 e. The normalized spacial score (nSPS) is 28.1. The molecular formula is C24H36ClN3O4S. The Balaban J connectivity index is 1.52. The van der Waals surface area contributed by atoms with Crippen LogP contribution in [-0.2, 0) is 14.8 Å². The molecule has 0 aliphatic carbocycles. The van der Waals surface area contributed by atoms with Gasteiger partial charge in [0.1, 0.15) is 4.90 Å². The molecule has 3 saturated heterocycles. The predicted octanol–water partition coefficient (Wildman–Crippen LogP) is 3.62. The molecule has 1 amide bonds. The molecule has 0 aromatic heterocycles. The molecular weight excluding hydrogens is 462 g/mol. The summed E-state index contributed by atoms with van der Waals surface area (Å²) in [5, 5.41) is 0.171. The third-order valence-electron chi connectivity index (χ3n) is 6.96. The highest BCUT2D eigenvalue weighted by Gasteiger charge is 2.34. The average Bonchev–Trinajstić information content (AvgIpc) is 3.03. The van der Waals surface area contributed by atoms with Gasteiger partial charge in [-0.1, -0.05) is 24.4 Å². The van der Waals surface area contributed by atoms with Gasteiger partial charge in [0.25, 0.3) is 5.91 Å². The van der Waals surface area contributed by atoms with Gasteiger partial charge in [0.05, 0.1) is 17.2 Å². The third kappa shape index (κ3) is 5.73. The Hall–Kier alpha value is -1.19. The molecule has 0 saturated carbocycles. The van der Waals surface area contributed by atoms with Crippen molar-refractivity contribution < 1.29 is 17.9 Å². The number of hydrogen-bond acceptors (Lipinski definition) is 5. The van der Waals surface area contributed by atoms with E-state index in [0.717, 1.165) is 58.2 Å². The van der Waals surface area contributed by atoms with Crippen LogP contribution in [0.1, 0.15) is 62.7 Å². The number of morpholine rings is 1. The van der Waals surface area contributed by atoms with Crippen LogP contribution < -0.4 is 0 Å². The summed E-state index contributed by atoms with van der Waals surface area (Å²) in [6.45, 7) is 8.40. The van der Waals surface area contributed by atoms with Gasteiger partial charge < -0.3 is 9.64 Å². The number of benzene rings is 1. The van der Waals surface area contributed by atoms with Gasteiger partial charge in [0.15, 0.2) is 0 Å². The van der Waals surface area contributed by atoms with E-state index in [2.05, 4.69) is 18.7 Å². The standard InChI is InChI=1S/C24H36ClN3O4S/c1-18-15-26(16-19(2)32-18)17-21-8-7-13-28(21)24(29)20-9-10-22(25)23(14-20)33(30,31)27-11-5-3-4-6-12-27/h9-10,14,18-19,21H,3-8,11-13,15-17H2,1-2H3. The lowest BCUT2D eigenvalue weighted by molar-refractivity contribution is -0.0715. The molecule has 33 heavy (non-hydrogen) atoms. The molecule has 1 aromatic rings. The van der Waals surface area contributed by atoms with Crippen molar-refractivity contribution in [2.45, 2.75) is 75.5 Å². The molecule has 0 bridgehead atoms. The molecule has 184 valence electrons. The maximum atomic E-state index is 13.5. The summed E-state index contributed by atoms with van der Waals surface area (Å²) in [7, 11) is -3.74. The summed E-state index contributed by atoms with van der Waals surface area (Å²) in [5.41, 5.74) is 0.392. The van der Waals surface area contributed by atoms with Crippen LogP contribution in [0, 0.1) is 0 Å². The molecule has 0 radical (unpaired) electrons. The van der Waals surface area contributed by atoms with Crippen LogP contribution in [0.25, 0.3) is 0 Å². The van der Waals surface area contributed by atoms with Crippen LogP contribution in [0.4, 0.5) is 0 Å². The molecule has 7 nitrogen and oxygen atoms in total. The van der Waals surface area contributed by atoms with Gasteiger partial charge in [-0.05, 0) is 57.7 Å². The summed E-state index contributed by atoms with van der Waals surface area (Å²) < 4.78 is 34.1. The zero-order valence-electron chi connectivity index (χ0n) is 19.7. The molecule has 3 heterocycles. The lowest BCUT2D eigenvalue weighted by Crippen LogP contribution is -2.50. The first kappa shape index (κ1) is 24.9. The second-order valence-electron chi connectivity index (χ2n) is 9.73. The number of rotatable bonds is 5. The molecule has 0 N–H and O–H groups in total. The molecule has 4 rings (SSSR count). The van der Waals surface area contributed by atoms with E-state index in [-0.39, 0.29) is 34.1 Å². The van der Waals surface area contributed by atoms with Crippen LogP contribution in [0.3, 0.4) is 0 Å².